The third kappa shape index (κ3) is 3.66. The van der Waals surface area contributed by atoms with Crippen LogP contribution in [-0.4, -0.2) is 16.1 Å². The van der Waals surface area contributed by atoms with Crippen LogP contribution in [0.5, 0.6) is 0 Å². The summed E-state index contributed by atoms with van der Waals surface area (Å²) in [4.78, 5) is 0. The van der Waals surface area contributed by atoms with Crippen LogP contribution in [0, 0.1) is 0 Å². The smallest absolute Gasteiger partial charge is 0.0748 e. The lowest BCUT2D eigenvalue weighted by molar-refractivity contribution is 0.767. The van der Waals surface area contributed by atoms with Crippen LogP contribution >= 0.6 is 0 Å². The van der Waals surface area contributed by atoms with E-state index < -0.39 is 16.1 Å². The topological polar surface area (TPSA) is 0 Å². The van der Waals surface area contributed by atoms with Gasteiger partial charge in [0.25, 0.3) is 0 Å². The average Bonchev–Trinajstić information content (AvgIpc) is 2.99. The van der Waals surface area contributed by atoms with E-state index in [0.29, 0.717) is 5.54 Å². The zero-order valence-corrected chi connectivity index (χ0v) is 20.0. The fourth-order valence-electron chi connectivity index (χ4n) is 5.21. The van der Waals surface area contributed by atoms with Gasteiger partial charge in [-0.3, -0.25) is 0 Å². The summed E-state index contributed by atoms with van der Waals surface area (Å²) in [5.41, 5.74) is 8.42. The predicted molar refractivity (Wildman–Crippen MR) is 121 cm³/mol. The second-order valence-electron chi connectivity index (χ2n) is 10.2. The van der Waals surface area contributed by atoms with Crippen molar-refractivity contribution in [1.82, 2.24) is 0 Å². The highest BCUT2D eigenvalue weighted by Crippen LogP contribution is 2.59. The first-order valence-electron chi connectivity index (χ1n) is 9.71. The van der Waals surface area contributed by atoms with Crippen molar-refractivity contribution >= 4 is 16.1 Å². The van der Waals surface area contributed by atoms with Gasteiger partial charge in [0.1, 0.15) is 0 Å². The number of hydrogen-bond acceptors (Lipinski definition) is 0. The van der Waals surface area contributed by atoms with E-state index in [1.165, 1.54) is 22.8 Å². The average molecular weight is 371 g/mol. The first-order chi connectivity index (χ1) is 11.3. The lowest BCUT2D eigenvalue weighted by Crippen LogP contribution is -2.45. The van der Waals surface area contributed by atoms with Crippen molar-refractivity contribution in [2.24, 2.45) is 0 Å². The molecule has 0 heterocycles. The zero-order valence-electron chi connectivity index (χ0n) is 18.0. The second kappa shape index (κ2) is 6.70. The second-order valence-corrected chi connectivity index (χ2v) is 20.6. The van der Waals surface area contributed by atoms with Crippen molar-refractivity contribution in [2.75, 3.05) is 0 Å². The molecule has 25 heavy (non-hydrogen) atoms. The molecule has 0 saturated carbocycles. The van der Waals surface area contributed by atoms with Gasteiger partial charge in [-0.15, -0.1) is 6.58 Å². The van der Waals surface area contributed by atoms with Crippen molar-refractivity contribution in [1.29, 1.82) is 0 Å². The molecule has 0 nitrogen and oxygen atoms in total. The number of allylic oxidation sites excluding steroid dienone is 9. The summed E-state index contributed by atoms with van der Waals surface area (Å²) in [6.07, 6.45) is 10.7. The molecule has 0 aromatic rings. The van der Waals surface area contributed by atoms with E-state index in [1.54, 1.807) is 11.1 Å². The first kappa shape index (κ1) is 20.4. The Morgan fingerprint density at radius 3 is 1.76 bits per heavy atom. The first-order valence-corrected chi connectivity index (χ1v) is 16.5. The molecule has 0 aliphatic heterocycles. The Morgan fingerprint density at radius 2 is 1.36 bits per heavy atom. The van der Waals surface area contributed by atoms with Gasteiger partial charge in [-0.1, -0.05) is 73.8 Å². The molecule has 0 saturated heterocycles. The van der Waals surface area contributed by atoms with Crippen molar-refractivity contribution < 1.29 is 0 Å². The zero-order chi connectivity index (χ0) is 19.2. The molecule has 0 spiro atoms. The molecule has 138 valence electrons. The van der Waals surface area contributed by atoms with Crippen molar-refractivity contribution in [3.63, 3.8) is 0 Å². The summed E-state index contributed by atoms with van der Waals surface area (Å²) in [5.74, 6) is 0. The van der Waals surface area contributed by atoms with Crippen molar-refractivity contribution in [2.45, 2.75) is 83.5 Å². The van der Waals surface area contributed by atoms with Crippen LogP contribution in [0.15, 0.2) is 58.7 Å². The van der Waals surface area contributed by atoms with E-state index in [9.17, 15) is 0 Å². The third-order valence-corrected chi connectivity index (χ3v) is 13.5. The molecule has 2 aliphatic rings. The van der Waals surface area contributed by atoms with Crippen LogP contribution in [0.1, 0.15) is 34.1 Å². The van der Waals surface area contributed by atoms with Gasteiger partial charge in [-0.05, 0) is 56.8 Å². The van der Waals surface area contributed by atoms with E-state index in [2.05, 4.69) is 91.3 Å². The van der Waals surface area contributed by atoms with Gasteiger partial charge in [0.15, 0.2) is 0 Å². The lowest BCUT2D eigenvalue weighted by atomic mass is 10.0. The SMILES string of the molecule is C=C(CC1([Si](C)(C)C2C(C)=C(C)C(C)=C2C)C=CC=C1)C[Si](C)(C)C. The van der Waals surface area contributed by atoms with Gasteiger partial charge in [0.2, 0.25) is 0 Å². The van der Waals surface area contributed by atoms with E-state index >= 15 is 0 Å². The van der Waals surface area contributed by atoms with Gasteiger partial charge >= 0.3 is 0 Å². The fraction of sp³-hybridized carbons (Fsp3) is 0.565. The molecular weight excluding hydrogens is 332 g/mol. The molecule has 0 amide bonds. The molecule has 0 fully saturated rings. The largest absolute Gasteiger partial charge is 0.100 e. The van der Waals surface area contributed by atoms with Gasteiger partial charge < -0.3 is 0 Å². The van der Waals surface area contributed by atoms with Crippen LogP contribution < -0.4 is 0 Å². The Kier molecular flexibility index (Phi) is 5.48. The number of hydrogen-bond donors (Lipinski definition) is 0. The van der Waals surface area contributed by atoms with Gasteiger partial charge in [-0.2, -0.15) is 0 Å². The Hall–Kier alpha value is -0.866. The Labute approximate surface area is 158 Å². The highest BCUT2D eigenvalue weighted by molar-refractivity contribution is 6.84. The molecule has 2 heteroatoms. The van der Waals surface area contributed by atoms with Crippen LogP contribution in [0.3, 0.4) is 0 Å². The Morgan fingerprint density at radius 1 is 0.920 bits per heavy atom. The summed E-state index contributed by atoms with van der Waals surface area (Å²) in [7, 11) is -2.79. The van der Waals surface area contributed by atoms with Crippen LogP contribution in [0.2, 0.25) is 49.4 Å². The maximum Gasteiger partial charge on any atom is 0.0748 e. The molecule has 0 bridgehead atoms. The maximum atomic E-state index is 4.52. The summed E-state index contributed by atoms with van der Waals surface area (Å²) in [5, 5.41) is 0.210. The van der Waals surface area contributed by atoms with E-state index in [4.69, 9.17) is 0 Å². The molecule has 0 unspecified atom stereocenters. The molecule has 2 rings (SSSR count). The quantitative estimate of drug-likeness (QED) is 0.329. The van der Waals surface area contributed by atoms with E-state index in [0.717, 1.165) is 6.42 Å². The lowest BCUT2D eigenvalue weighted by Gasteiger charge is -2.46. The standard InChI is InChI=1S/C23H38Si2/c1-17(16-24(6,7)8)15-23(13-11-12-14-23)25(9,10)22-20(4)18(2)19(3)21(22)5/h11-14,22H,1,15-16H2,2-10H3. The van der Waals surface area contributed by atoms with Crippen LogP contribution in [-0.2, 0) is 0 Å². The van der Waals surface area contributed by atoms with Crippen molar-refractivity contribution in [3.8, 4) is 0 Å². The molecule has 2 aliphatic carbocycles. The summed E-state index contributed by atoms with van der Waals surface area (Å²) >= 11 is 0. The summed E-state index contributed by atoms with van der Waals surface area (Å²) in [6, 6.07) is 1.24. The monoisotopic (exact) mass is 370 g/mol. The van der Waals surface area contributed by atoms with E-state index in [1.807, 2.05) is 0 Å². The fourth-order valence-corrected chi connectivity index (χ4v) is 11.7. The van der Waals surface area contributed by atoms with Gasteiger partial charge in [0, 0.05) is 13.1 Å². The predicted octanol–water partition coefficient (Wildman–Crippen LogP) is 7.90. The maximum absolute atomic E-state index is 4.52. The molecule has 0 aromatic carbocycles. The minimum absolute atomic E-state index is 0.210. The molecule has 0 aromatic heterocycles. The highest BCUT2D eigenvalue weighted by Gasteiger charge is 2.51. The summed E-state index contributed by atoms with van der Waals surface area (Å²) < 4.78 is 0. The van der Waals surface area contributed by atoms with E-state index in [-0.39, 0.29) is 5.04 Å². The van der Waals surface area contributed by atoms with Gasteiger partial charge in [0.05, 0.1) is 8.07 Å². The summed E-state index contributed by atoms with van der Waals surface area (Å²) in [6.45, 7) is 26.5. The number of rotatable bonds is 6. The minimum atomic E-state index is -1.67. The molecule has 0 N–H and O–H groups in total. The highest BCUT2D eigenvalue weighted by atomic mass is 28.3. The van der Waals surface area contributed by atoms with Crippen LogP contribution in [0.25, 0.3) is 0 Å². The van der Waals surface area contributed by atoms with Crippen LogP contribution in [0.4, 0.5) is 0 Å². The van der Waals surface area contributed by atoms with Crippen molar-refractivity contribution in [3.05, 3.63) is 58.7 Å². The normalized spacial score (nSPS) is 21.0. The molecule has 0 radical (unpaired) electrons. The third-order valence-electron chi connectivity index (χ3n) is 6.75. The molecule has 0 atom stereocenters. The Balaban J connectivity index is 2.42. The minimum Gasteiger partial charge on any atom is -0.100 e. The van der Waals surface area contributed by atoms with Gasteiger partial charge in [-0.25, -0.2) is 0 Å². The molecular formula is C23H38Si2. The Bertz CT molecular complexity index is 654.